The first-order valence-corrected chi connectivity index (χ1v) is 9.43. The average molecular weight is 418 g/mol. The number of nitrogens with zero attached hydrogens (tertiary/aromatic N) is 4. The number of amides is 2. The number of hydrogen-bond acceptors (Lipinski definition) is 4. The van der Waals surface area contributed by atoms with Crippen LogP contribution in [0.4, 0.5) is 10.1 Å². The van der Waals surface area contributed by atoms with E-state index in [2.05, 4.69) is 15.5 Å². The van der Waals surface area contributed by atoms with Crippen LogP contribution in [0.25, 0.3) is 11.4 Å². The van der Waals surface area contributed by atoms with Crippen molar-refractivity contribution in [3.05, 3.63) is 89.3 Å². The molecular weight excluding hydrogens is 399 g/mol. The minimum atomic E-state index is -0.602. The second kappa shape index (κ2) is 7.86. The molecule has 31 heavy (non-hydrogen) atoms. The van der Waals surface area contributed by atoms with Crippen LogP contribution in [0.2, 0.25) is 0 Å². The van der Waals surface area contributed by atoms with Crippen LogP contribution in [0.15, 0.2) is 60.8 Å². The number of primary amides is 1. The van der Waals surface area contributed by atoms with Crippen LogP contribution >= 0.6 is 0 Å². The fourth-order valence-corrected chi connectivity index (χ4v) is 3.30. The Balaban J connectivity index is 1.54. The van der Waals surface area contributed by atoms with Crippen molar-refractivity contribution in [1.82, 2.24) is 19.6 Å². The third-order valence-corrected chi connectivity index (χ3v) is 4.82. The van der Waals surface area contributed by atoms with Gasteiger partial charge in [-0.1, -0.05) is 0 Å². The maximum absolute atomic E-state index is 13.2. The monoisotopic (exact) mass is 418 g/mol. The van der Waals surface area contributed by atoms with Crippen molar-refractivity contribution < 1.29 is 14.0 Å². The van der Waals surface area contributed by atoms with Crippen LogP contribution < -0.4 is 11.1 Å². The molecule has 2 aromatic carbocycles. The zero-order chi connectivity index (χ0) is 22.1. The van der Waals surface area contributed by atoms with Gasteiger partial charge in [0.2, 0.25) is 0 Å². The Bertz CT molecular complexity index is 1270. The summed E-state index contributed by atoms with van der Waals surface area (Å²) >= 11 is 0. The summed E-state index contributed by atoms with van der Waals surface area (Å²) in [6, 6.07) is 14.4. The van der Waals surface area contributed by atoms with E-state index in [4.69, 9.17) is 5.73 Å². The van der Waals surface area contributed by atoms with E-state index in [1.165, 1.54) is 22.9 Å². The normalized spacial score (nSPS) is 10.8. The minimum Gasteiger partial charge on any atom is -0.364 e. The summed E-state index contributed by atoms with van der Waals surface area (Å²) in [4.78, 5) is 24.1. The summed E-state index contributed by atoms with van der Waals surface area (Å²) in [7, 11) is 0. The number of carbonyl (C=O) groups excluding carboxylic acids is 2. The standard InChI is InChI=1S/C22H19FN6O2/c1-13-20(14(2)29(26-13)18-7-3-15(23)4-8-18)22(31)25-16-5-9-17(10-6-16)28-12-11-19(27-28)21(24)30/h3-12H,1-2H3,(H2,24,30)(H,25,31). The Morgan fingerprint density at radius 1 is 0.935 bits per heavy atom. The summed E-state index contributed by atoms with van der Waals surface area (Å²) < 4.78 is 16.3. The molecule has 0 fully saturated rings. The molecule has 0 unspecified atom stereocenters. The molecule has 9 heteroatoms. The first-order chi connectivity index (χ1) is 14.8. The van der Waals surface area contributed by atoms with E-state index in [0.717, 1.165) is 0 Å². The van der Waals surface area contributed by atoms with Crippen LogP contribution in [-0.4, -0.2) is 31.4 Å². The van der Waals surface area contributed by atoms with E-state index in [9.17, 15) is 14.0 Å². The molecule has 0 saturated carbocycles. The zero-order valence-electron chi connectivity index (χ0n) is 16.8. The molecule has 0 saturated heterocycles. The predicted octanol–water partition coefficient (Wildman–Crippen LogP) is 3.17. The molecular formula is C22H19FN6O2. The molecule has 8 nitrogen and oxygen atoms in total. The molecule has 2 heterocycles. The fraction of sp³-hybridized carbons (Fsp3) is 0.0909. The van der Waals surface area contributed by atoms with Crippen molar-refractivity contribution >= 4 is 17.5 Å². The van der Waals surface area contributed by atoms with Crippen molar-refractivity contribution in [1.29, 1.82) is 0 Å². The van der Waals surface area contributed by atoms with Crippen molar-refractivity contribution in [3.63, 3.8) is 0 Å². The van der Waals surface area contributed by atoms with Gasteiger partial charge < -0.3 is 11.1 Å². The summed E-state index contributed by atoms with van der Waals surface area (Å²) in [6.07, 6.45) is 1.63. The average Bonchev–Trinajstić information content (AvgIpc) is 3.34. The number of aromatic nitrogens is 4. The number of benzene rings is 2. The predicted molar refractivity (Wildman–Crippen MR) is 113 cm³/mol. The number of nitrogens with two attached hydrogens (primary N) is 1. The molecule has 0 bridgehead atoms. The highest BCUT2D eigenvalue weighted by atomic mass is 19.1. The largest absolute Gasteiger partial charge is 0.364 e. The van der Waals surface area contributed by atoms with E-state index >= 15 is 0 Å². The van der Waals surface area contributed by atoms with Crippen LogP contribution in [-0.2, 0) is 0 Å². The third-order valence-electron chi connectivity index (χ3n) is 4.82. The van der Waals surface area contributed by atoms with Crippen molar-refractivity contribution in [3.8, 4) is 11.4 Å². The van der Waals surface area contributed by atoms with E-state index in [-0.39, 0.29) is 17.4 Å². The van der Waals surface area contributed by atoms with Gasteiger partial charge in [0.1, 0.15) is 11.5 Å². The number of halogens is 1. The SMILES string of the molecule is Cc1nn(-c2ccc(F)cc2)c(C)c1C(=O)Nc1ccc(-n2ccc(C(N)=O)n2)cc1. The molecule has 156 valence electrons. The second-order valence-electron chi connectivity index (χ2n) is 6.94. The molecule has 2 aromatic heterocycles. The van der Waals surface area contributed by atoms with E-state index in [1.54, 1.807) is 61.1 Å². The number of nitrogens with one attached hydrogen (secondary N) is 1. The van der Waals surface area contributed by atoms with Crippen LogP contribution in [0.1, 0.15) is 32.2 Å². The smallest absolute Gasteiger partial charge is 0.269 e. The van der Waals surface area contributed by atoms with Gasteiger partial charge in [0.05, 0.1) is 28.3 Å². The zero-order valence-corrected chi connectivity index (χ0v) is 16.8. The van der Waals surface area contributed by atoms with Crippen LogP contribution in [0.5, 0.6) is 0 Å². The third kappa shape index (κ3) is 3.93. The molecule has 0 aliphatic carbocycles. The molecule has 2 amide bonds. The van der Waals surface area contributed by atoms with E-state index in [1.807, 2.05) is 0 Å². The lowest BCUT2D eigenvalue weighted by molar-refractivity contribution is 0.0992. The Kier molecular flexibility index (Phi) is 5.08. The molecule has 0 radical (unpaired) electrons. The van der Waals surface area contributed by atoms with Gasteiger partial charge in [-0.15, -0.1) is 0 Å². The van der Waals surface area contributed by atoms with Gasteiger partial charge in [-0.3, -0.25) is 9.59 Å². The lowest BCUT2D eigenvalue weighted by Crippen LogP contribution is -2.14. The quantitative estimate of drug-likeness (QED) is 0.519. The number of aryl methyl sites for hydroxylation is 1. The molecule has 3 N–H and O–H groups in total. The van der Waals surface area contributed by atoms with Gasteiger partial charge in [-0.2, -0.15) is 10.2 Å². The highest BCUT2D eigenvalue weighted by Crippen LogP contribution is 2.20. The molecule has 4 rings (SSSR count). The van der Waals surface area contributed by atoms with Gasteiger partial charge in [0, 0.05) is 11.9 Å². The van der Waals surface area contributed by atoms with E-state index in [0.29, 0.717) is 34.0 Å². The number of hydrogen-bond donors (Lipinski definition) is 2. The molecule has 0 aliphatic heterocycles. The van der Waals surface area contributed by atoms with Gasteiger partial charge in [0.15, 0.2) is 0 Å². The van der Waals surface area contributed by atoms with Gasteiger partial charge in [0.25, 0.3) is 11.8 Å². The number of carbonyl (C=O) groups is 2. The van der Waals surface area contributed by atoms with E-state index < -0.39 is 5.91 Å². The van der Waals surface area contributed by atoms with Crippen LogP contribution in [0, 0.1) is 19.7 Å². The number of anilines is 1. The fourth-order valence-electron chi connectivity index (χ4n) is 3.30. The molecule has 0 spiro atoms. The lowest BCUT2D eigenvalue weighted by Gasteiger charge is -2.08. The second-order valence-corrected chi connectivity index (χ2v) is 6.94. The summed E-state index contributed by atoms with van der Waals surface area (Å²) in [5.41, 5.74) is 9.01. The minimum absolute atomic E-state index is 0.168. The van der Waals surface area contributed by atoms with Crippen molar-refractivity contribution in [2.45, 2.75) is 13.8 Å². The maximum atomic E-state index is 13.2. The Morgan fingerprint density at radius 2 is 1.58 bits per heavy atom. The first kappa shape index (κ1) is 20.0. The summed E-state index contributed by atoms with van der Waals surface area (Å²) in [5, 5.41) is 11.4. The topological polar surface area (TPSA) is 108 Å². The van der Waals surface area contributed by atoms with Crippen LogP contribution in [0.3, 0.4) is 0 Å². The summed E-state index contributed by atoms with van der Waals surface area (Å²) in [5.74, 6) is -1.24. The Hall–Kier alpha value is -4.27. The van der Waals surface area contributed by atoms with Gasteiger partial charge >= 0.3 is 0 Å². The number of rotatable bonds is 5. The van der Waals surface area contributed by atoms with Gasteiger partial charge in [-0.05, 0) is 68.4 Å². The van der Waals surface area contributed by atoms with Crippen molar-refractivity contribution in [2.24, 2.45) is 5.73 Å². The van der Waals surface area contributed by atoms with Crippen molar-refractivity contribution in [2.75, 3.05) is 5.32 Å². The molecule has 4 aromatic rings. The Labute approximate surface area is 177 Å². The highest BCUT2D eigenvalue weighted by Gasteiger charge is 2.19. The first-order valence-electron chi connectivity index (χ1n) is 9.43. The molecule has 0 aliphatic rings. The molecule has 0 atom stereocenters. The Morgan fingerprint density at radius 3 is 2.19 bits per heavy atom. The highest BCUT2D eigenvalue weighted by molar-refractivity contribution is 6.06. The summed E-state index contributed by atoms with van der Waals surface area (Å²) in [6.45, 7) is 3.54. The lowest BCUT2D eigenvalue weighted by atomic mass is 10.1. The van der Waals surface area contributed by atoms with Gasteiger partial charge in [-0.25, -0.2) is 13.8 Å². The maximum Gasteiger partial charge on any atom is 0.269 e.